The average Bonchev–Trinajstić information content (AvgIpc) is 2.50. The molecule has 0 aromatic carbocycles. The molecule has 7 heteroatoms. The summed E-state index contributed by atoms with van der Waals surface area (Å²) in [6.07, 6.45) is 1.86. The van der Waals surface area contributed by atoms with Gasteiger partial charge in [-0.15, -0.1) is 11.6 Å². The van der Waals surface area contributed by atoms with Crippen molar-refractivity contribution in [1.29, 1.82) is 0 Å². The molecule has 6 unspecified atom stereocenters. The molecule has 6 atom stereocenters. The second-order valence-electron chi connectivity index (χ2n) is 5.91. The Morgan fingerprint density at radius 3 is 2.67 bits per heavy atom. The first kappa shape index (κ1) is 17.0. The Kier molecular flexibility index (Phi) is 6.25. The molecule has 21 heavy (non-hydrogen) atoms. The fourth-order valence-electron chi connectivity index (χ4n) is 3.22. The number of rotatable bonds is 4. The van der Waals surface area contributed by atoms with E-state index in [0.29, 0.717) is 12.8 Å². The number of halogens is 1. The van der Waals surface area contributed by atoms with Crippen molar-refractivity contribution in [3.63, 3.8) is 0 Å². The van der Waals surface area contributed by atoms with Crippen LogP contribution in [0.4, 0.5) is 0 Å². The zero-order valence-electron chi connectivity index (χ0n) is 12.7. The molecule has 1 saturated carbocycles. The highest BCUT2D eigenvalue weighted by atomic mass is 35.5. The maximum atomic E-state index is 12.6. The lowest BCUT2D eigenvalue weighted by Gasteiger charge is -2.38. The molecule has 2 aliphatic rings. The molecule has 1 amide bonds. The molecule has 6 nitrogen and oxygen atoms in total. The predicted molar refractivity (Wildman–Crippen MR) is 81.4 cm³/mol. The summed E-state index contributed by atoms with van der Waals surface area (Å²) in [4.78, 5) is 12.6. The third-order valence-corrected chi connectivity index (χ3v) is 5.10. The number of carbonyl (C=O) groups is 1. The standard InChI is InChI=1S/C14H26ClN3O3/c1-20-12-6-10(16)9(15)5-8(12)14(19)18-11-3-4-17-7-13(11)21-2/h8-13,17H,3-7,16H2,1-2H3,(H,18,19). The van der Waals surface area contributed by atoms with Crippen LogP contribution in [0.1, 0.15) is 19.3 Å². The summed E-state index contributed by atoms with van der Waals surface area (Å²) < 4.78 is 10.9. The minimum Gasteiger partial charge on any atom is -0.381 e. The number of nitrogens with two attached hydrogens (primary N) is 1. The fraction of sp³-hybridized carbons (Fsp3) is 0.929. The summed E-state index contributed by atoms with van der Waals surface area (Å²) >= 11 is 6.23. The van der Waals surface area contributed by atoms with Crippen molar-refractivity contribution in [3.05, 3.63) is 0 Å². The van der Waals surface area contributed by atoms with Crippen molar-refractivity contribution in [2.24, 2.45) is 11.7 Å². The van der Waals surface area contributed by atoms with E-state index in [0.717, 1.165) is 19.5 Å². The first-order valence-electron chi connectivity index (χ1n) is 7.53. The molecule has 1 heterocycles. The number of nitrogens with one attached hydrogen (secondary N) is 2. The summed E-state index contributed by atoms with van der Waals surface area (Å²) in [7, 11) is 3.29. The number of amides is 1. The van der Waals surface area contributed by atoms with Crippen LogP contribution in [-0.2, 0) is 14.3 Å². The Balaban J connectivity index is 1.97. The van der Waals surface area contributed by atoms with Crippen LogP contribution in [0.5, 0.6) is 0 Å². The van der Waals surface area contributed by atoms with Crippen molar-refractivity contribution in [3.8, 4) is 0 Å². The van der Waals surface area contributed by atoms with Crippen LogP contribution in [0.2, 0.25) is 0 Å². The van der Waals surface area contributed by atoms with Crippen molar-refractivity contribution in [2.45, 2.75) is 48.9 Å². The number of carbonyl (C=O) groups excluding carboxylic acids is 1. The lowest BCUT2D eigenvalue weighted by Crippen LogP contribution is -2.57. The molecular formula is C14H26ClN3O3. The molecule has 1 aliphatic heterocycles. The summed E-state index contributed by atoms with van der Waals surface area (Å²) in [6, 6.07) is -0.0862. The summed E-state index contributed by atoms with van der Waals surface area (Å²) in [5, 5.41) is 6.19. The van der Waals surface area contributed by atoms with Crippen LogP contribution in [-0.4, -0.2) is 62.9 Å². The largest absolute Gasteiger partial charge is 0.381 e. The summed E-state index contributed by atoms with van der Waals surface area (Å²) in [5.41, 5.74) is 5.96. The molecule has 1 saturated heterocycles. The molecule has 0 radical (unpaired) electrons. The van der Waals surface area contributed by atoms with Gasteiger partial charge in [0.25, 0.3) is 0 Å². The van der Waals surface area contributed by atoms with Gasteiger partial charge in [-0.1, -0.05) is 0 Å². The van der Waals surface area contributed by atoms with E-state index in [1.807, 2.05) is 0 Å². The highest BCUT2D eigenvalue weighted by Crippen LogP contribution is 2.30. The van der Waals surface area contributed by atoms with Crippen molar-refractivity contribution in [1.82, 2.24) is 10.6 Å². The maximum absolute atomic E-state index is 12.6. The number of ether oxygens (including phenoxy) is 2. The minimum atomic E-state index is -0.246. The van der Waals surface area contributed by atoms with Crippen LogP contribution in [0, 0.1) is 5.92 Å². The SMILES string of the molecule is COC1CNCCC1NC(=O)C1CC(Cl)C(N)CC1OC. The molecule has 122 valence electrons. The second kappa shape index (κ2) is 7.74. The molecule has 0 bridgehead atoms. The first-order valence-corrected chi connectivity index (χ1v) is 7.96. The Morgan fingerprint density at radius 1 is 1.29 bits per heavy atom. The third-order valence-electron chi connectivity index (χ3n) is 4.59. The van der Waals surface area contributed by atoms with Crippen LogP contribution < -0.4 is 16.4 Å². The molecule has 0 aromatic heterocycles. The summed E-state index contributed by atoms with van der Waals surface area (Å²) in [5.74, 6) is -0.252. The number of hydrogen-bond acceptors (Lipinski definition) is 5. The van der Waals surface area contributed by atoms with Gasteiger partial charge in [-0.25, -0.2) is 0 Å². The zero-order chi connectivity index (χ0) is 15.4. The first-order chi connectivity index (χ1) is 10.1. The number of piperidine rings is 1. The zero-order valence-corrected chi connectivity index (χ0v) is 13.4. The van der Waals surface area contributed by atoms with E-state index in [1.54, 1.807) is 14.2 Å². The van der Waals surface area contributed by atoms with Gasteiger partial charge in [-0.3, -0.25) is 4.79 Å². The molecule has 0 aromatic rings. The fourth-order valence-corrected chi connectivity index (χ4v) is 3.51. The van der Waals surface area contributed by atoms with Gasteiger partial charge in [0.2, 0.25) is 5.91 Å². The summed E-state index contributed by atoms with van der Waals surface area (Å²) in [6.45, 7) is 1.63. The van der Waals surface area contributed by atoms with Crippen LogP contribution >= 0.6 is 11.6 Å². The van der Waals surface area contributed by atoms with Crippen LogP contribution in [0.3, 0.4) is 0 Å². The van der Waals surface area contributed by atoms with Crippen LogP contribution in [0.25, 0.3) is 0 Å². The van der Waals surface area contributed by atoms with E-state index in [9.17, 15) is 4.79 Å². The van der Waals surface area contributed by atoms with Crippen molar-refractivity contribution < 1.29 is 14.3 Å². The monoisotopic (exact) mass is 319 g/mol. The molecule has 1 aliphatic carbocycles. The van der Waals surface area contributed by atoms with E-state index in [2.05, 4.69) is 10.6 Å². The van der Waals surface area contributed by atoms with E-state index in [-0.39, 0.29) is 41.5 Å². The molecular weight excluding hydrogens is 294 g/mol. The van der Waals surface area contributed by atoms with Gasteiger partial charge in [0.05, 0.1) is 24.2 Å². The topological polar surface area (TPSA) is 85.6 Å². The molecule has 2 rings (SSSR count). The third kappa shape index (κ3) is 4.07. The van der Waals surface area contributed by atoms with Gasteiger partial charge in [-0.05, 0) is 25.8 Å². The van der Waals surface area contributed by atoms with Gasteiger partial charge >= 0.3 is 0 Å². The number of alkyl halides is 1. The number of methoxy groups -OCH3 is 2. The second-order valence-corrected chi connectivity index (χ2v) is 6.47. The Labute approximate surface area is 131 Å². The molecule has 2 fully saturated rings. The van der Waals surface area contributed by atoms with Crippen molar-refractivity contribution in [2.75, 3.05) is 27.3 Å². The Bertz CT molecular complexity index is 358. The Morgan fingerprint density at radius 2 is 2.00 bits per heavy atom. The van der Waals surface area contributed by atoms with Gasteiger partial charge in [-0.2, -0.15) is 0 Å². The molecule has 4 N–H and O–H groups in total. The number of hydrogen-bond donors (Lipinski definition) is 3. The maximum Gasteiger partial charge on any atom is 0.226 e. The smallest absolute Gasteiger partial charge is 0.226 e. The van der Waals surface area contributed by atoms with Crippen LogP contribution in [0.15, 0.2) is 0 Å². The average molecular weight is 320 g/mol. The van der Waals surface area contributed by atoms with Gasteiger partial charge in [0.15, 0.2) is 0 Å². The normalized spacial score (nSPS) is 40.8. The molecule has 0 spiro atoms. The van der Waals surface area contributed by atoms with E-state index in [4.69, 9.17) is 26.8 Å². The lowest BCUT2D eigenvalue weighted by atomic mass is 9.82. The van der Waals surface area contributed by atoms with Gasteiger partial charge in [0.1, 0.15) is 0 Å². The van der Waals surface area contributed by atoms with Gasteiger partial charge in [0, 0.05) is 32.2 Å². The predicted octanol–water partition coefficient (Wildman–Crippen LogP) is -0.161. The minimum absolute atomic E-state index is 0.00124. The van der Waals surface area contributed by atoms with E-state index < -0.39 is 0 Å². The Hall–Kier alpha value is -0.400. The highest BCUT2D eigenvalue weighted by molar-refractivity contribution is 6.21. The quantitative estimate of drug-likeness (QED) is 0.627. The highest BCUT2D eigenvalue weighted by Gasteiger charge is 2.40. The van der Waals surface area contributed by atoms with E-state index >= 15 is 0 Å². The lowest BCUT2D eigenvalue weighted by molar-refractivity contribution is -0.133. The van der Waals surface area contributed by atoms with Gasteiger partial charge < -0.3 is 25.8 Å². The van der Waals surface area contributed by atoms with E-state index in [1.165, 1.54) is 0 Å². The van der Waals surface area contributed by atoms with Crippen molar-refractivity contribution >= 4 is 17.5 Å².